The number of carbonyl (C=O) groups excluding carboxylic acids is 1. The lowest BCUT2D eigenvalue weighted by Gasteiger charge is -2.14. The van der Waals surface area contributed by atoms with Crippen molar-refractivity contribution in [2.75, 3.05) is 19.0 Å². The van der Waals surface area contributed by atoms with Crippen LogP contribution in [0, 0.1) is 11.7 Å². The fourth-order valence-corrected chi connectivity index (χ4v) is 3.05. The largest absolute Gasteiger partial charge is 0.491 e. The number of hydrogen-bond acceptors (Lipinski definition) is 6. The molecule has 1 aromatic carbocycles. The molecule has 1 fully saturated rings. The van der Waals surface area contributed by atoms with Crippen molar-refractivity contribution in [3.05, 3.63) is 59.3 Å². The van der Waals surface area contributed by atoms with Crippen LogP contribution < -0.4 is 15.4 Å². The summed E-state index contributed by atoms with van der Waals surface area (Å²) in [7, 11) is 1.47. The standard InChI is InChI=1S/C21H19ClFN5O2/c1-30-18-11-25-19(14-8-13(22)4-5-16(14)23)28-20(18)27-17-6-7-24-10-15(17)21(29)26-9-12-2-3-12/h4-8,10-12H,2-3,9H2,1H3,(H,26,29)(H,24,25,27,28). The minimum Gasteiger partial charge on any atom is -0.491 e. The Labute approximate surface area is 177 Å². The van der Waals surface area contributed by atoms with Gasteiger partial charge in [-0.3, -0.25) is 9.78 Å². The predicted molar refractivity (Wildman–Crippen MR) is 112 cm³/mol. The van der Waals surface area contributed by atoms with Crippen LogP contribution in [0.3, 0.4) is 0 Å². The van der Waals surface area contributed by atoms with E-state index in [1.807, 2.05) is 0 Å². The Morgan fingerprint density at radius 1 is 1.30 bits per heavy atom. The highest BCUT2D eigenvalue weighted by Crippen LogP contribution is 2.31. The molecule has 2 aromatic heterocycles. The molecule has 4 rings (SSSR count). The SMILES string of the molecule is COc1cnc(-c2cc(Cl)ccc2F)nc1Nc1ccncc1C(=O)NCC1CC1. The smallest absolute Gasteiger partial charge is 0.254 e. The second kappa shape index (κ2) is 8.62. The molecule has 3 aromatic rings. The van der Waals surface area contributed by atoms with E-state index >= 15 is 0 Å². The molecule has 2 N–H and O–H groups in total. The topological polar surface area (TPSA) is 89.0 Å². The number of amides is 1. The van der Waals surface area contributed by atoms with Crippen molar-refractivity contribution in [2.24, 2.45) is 5.92 Å². The third kappa shape index (κ3) is 4.49. The summed E-state index contributed by atoms with van der Waals surface area (Å²) in [6.45, 7) is 0.641. The van der Waals surface area contributed by atoms with E-state index in [2.05, 4.69) is 25.6 Å². The number of halogens is 2. The highest BCUT2D eigenvalue weighted by atomic mass is 35.5. The molecular formula is C21H19ClFN5O2. The number of carbonyl (C=O) groups is 1. The maximum Gasteiger partial charge on any atom is 0.254 e. The van der Waals surface area contributed by atoms with Gasteiger partial charge in [0.25, 0.3) is 5.91 Å². The van der Waals surface area contributed by atoms with E-state index in [1.165, 1.54) is 37.7 Å². The monoisotopic (exact) mass is 427 g/mol. The fourth-order valence-electron chi connectivity index (χ4n) is 2.87. The number of hydrogen-bond donors (Lipinski definition) is 2. The number of nitrogens with one attached hydrogen (secondary N) is 2. The van der Waals surface area contributed by atoms with Crippen LogP contribution in [0.5, 0.6) is 5.75 Å². The van der Waals surface area contributed by atoms with Crippen molar-refractivity contribution in [2.45, 2.75) is 12.8 Å². The van der Waals surface area contributed by atoms with E-state index in [1.54, 1.807) is 12.3 Å². The Balaban J connectivity index is 1.66. The number of benzene rings is 1. The number of pyridine rings is 1. The van der Waals surface area contributed by atoms with Gasteiger partial charge in [0.1, 0.15) is 5.82 Å². The number of aromatic nitrogens is 3. The summed E-state index contributed by atoms with van der Waals surface area (Å²) in [6.07, 6.45) is 6.75. The van der Waals surface area contributed by atoms with Gasteiger partial charge in [0.05, 0.1) is 30.1 Å². The van der Waals surface area contributed by atoms with Crippen molar-refractivity contribution in [3.8, 4) is 17.1 Å². The molecule has 0 unspecified atom stereocenters. The van der Waals surface area contributed by atoms with E-state index in [0.29, 0.717) is 34.5 Å². The van der Waals surface area contributed by atoms with Crippen molar-refractivity contribution < 1.29 is 13.9 Å². The molecule has 0 aliphatic heterocycles. The van der Waals surface area contributed by atoms with Gasteiger partial charge >= 0.3 is 0 Å². The lowest BCUT2D eigenvalue weighted by Crippen LogP contribution is -2.26. The summed E-state index contributed by atoms with van der Waals surface area (Å²) in [5.41, 5.74) is 1.02. The highest BCUT2D eigenvalue weighted by molar-refractivity contribution is 6.30. The summed E-state index contributed by atoms with van der Waals surface area (Å²) >= 11 is 5.99. The zero-order valence-corrected chi connectivity index (χ0v) is 16.9. The van der Waals surface area contributed by atoms with Crippen molar-refractivity contribution in [3.63, 3.8) is 0 Å². The zero-order chi connectivity index (χ0) is 21.1. The van der Waals surface area contributed by atoms with Gasteiger partial charge in [-0.25, -0.2) is 14.4 Å². The first kappa shape index (κ1) is 20.0. The van der Waals surface area contributed by atoms with Crippen LogP contribution in [0.1, 0.15) is 23.2 Å². The normalized spacial score (nSPS) is 13.0. The first-order valence-corrected chi connectivity index (χ1v) is 9.78. The summed E-state index contributed by atoms with van der Waals surface area (Å²) in [6, 6.07) is 5.81. The Bertz CT molecular complexity index is 1090. The molecule has 1 aliphatic rings. The molecule has 154 valence electrons. The maximum absolute atomic E-state index is 14.3. The van der Waals surface area contributed by atoms with Crippen LogP contribution in [-0.4, -0.2) is 34.5 Å². The van der Waals surface area contributed by atoms with Gasteiger partial charge < -0.3 is 15.4 Å². The summed E-state index contributed by atoms with van der Waals surface area (Å²) in [5, 5.41) is 6.37. The van der Waals surface area contributed by atoms with Gasteiger partial charge in [-0.1, -0.05) is 11.6 Å². The van der Waals surface area contributed by atoms with Gasteiger partial charge in [0.2, 0.25) is 0 Å². The molecule has 0 spiro atoms. The predicted octanol–water partition coefficient (Wildman–Crippen LogP) is 4.22. The summed E-state index contributed by atoms with van der Waals surface area (Å²) in [5.74, 6) is 0.573. The van der Waals surface area contributed by atoms with Gasteiger partial charge in [-0.05, 0) is 43.0 Å². The van der Waals surface area contributed by atoms with Crippen LogP contribution >= 0.6 is 11.6 Å². The minimum absolute atomic E-state index is 0.132. The van der Waals surface area contributed by atoms with Crippen LogP contribution in [0.2, 0.25) is 5.02 Å². The molecule has 0 radical (unpaired) electrons. The van der Waals surface area contributed by atoms with Gasteiger partial charge in [-0.15, -0.1) is 0 Å². The Kier molecular flexibility index (Phi) is 5.76. The lowest BCUT2D eigenvalue weighted by atomic mass is 10.2. The molecule has 1 aliphatic carbocycles. The van der Waals surface area contributed by atoms with Crippen molar-refractivity contribution >= 4 is 29.0 Å². The van der Waals surface area contributed by atoms with E-state index in [4.69, 9.17) is 16.3 Å². The van der Waals surface area contributed by atoms with Crippen LogP contribution in [0.15, 0.2) is 42.9 Å². The molecule has 0 saturated heterocycles. The Morgan fingerprint density at radius 2 is 2.13 bits per heavy atom. The van der Waals surface area contributed by atoms with Crippen LogP contribution in [-0.2, 0) is 0 Å². The molecular weight excluding hydrogens is 409 g/mol. The van der Waals surface area contributed by atoms with E-state index in [0.717, 1.165) is 12.8 Å². The third-order valence-corrected chi connectivity index (χ3v) is 4.95. The molecule has 30 heavy (non-hydrogen) atoms. The first-order chi connectivity index (χ1) is 14.5. The highest BCUT2D eigenvalue weighted by Gasteiger charge is 2.23. The molecule has 0 bridgehead atoms. The minimum atomic E-state index is -0.500. The number of methoxy groups -OCH3 is 1. The zero-order valence-electron chi connectivity index (χ0n) is 16.2. The third-order valence-electron chi connectivity index (χ3n) is 4.71. The first-order valence-electron chi connectivity index (χ1n) is 9.41. The summed E-state index contributed by atoms with van der Waals surface area (Å²) in [4.78, 5) is 25.2. The molecule has 1 saturated carbocycles. The number of rotatable bonds is 7. The second-order valence-corrected chi connectivity index (χ2v) is 7.37. The maximum atomic E-state index is 14.3. The number of nitrogens with zero attached hydrogens (tertiary/aromatic N) is 3. The molecule has 7 nitrogen and oxygen atoms in total. The fraction of sp³-hybridized carbons (Fsp3) is 0.238. The Morgan fingerprint density at radius 3 is 2.90 bits per heavy atom. The van der Waals surface area contributed by atoms with Crippen molar-refractivity contribution in [1.29, 1.82) is 0 Å². The van der Waals surface area contributed by atoms with Crippen molar-refractivity contribution in [1.82, 2.24) is 20.3 Å². The average Bonchev–Trinajstić information content (AvgIpc) is 3.59. The molecule has 2 heterocycles. The van der Waals surface area contributed by atoms with Crippen LogP contribution in [0.4, 0.5) is 15.9 Å². The number of anilines is 2. The quantitative estimate of drug-likeness (QED) is 0.586. The van der Waals surface area contributed by atoms with Gasteiger partial charge in [0.15, 0.2) is 17.4 Å². The Hall–Kier alpha value is -3.26. The molecule has 1 amide bonds. The lowest BCUT2D eigenvalue weighted by molar-refractivity contribution is 0.0952. The number of ether oxygens (including phenoxy) is 1. The van der Waals surface area contributed by atoms with E-state index < -0.39 is 5.82 Å². The van der Waals surface area contributed by atoms with Crippen LogP contribution in [0.25, 0.3) is 11.4 Å². The summed E-state index contributed by atoms with van der Waals surface area (Å²) < 4.78 is 19.6. The second-order valence-electron chi connectivity index (χ2n) is 6.93. The van der Waals surface area contributed by atoms with E-state index in [9.17, 15) is 9.18 Å². The van der Waals surface area contributed by atoms with E-state index in [-0.39, 0.29) is 23.1 Å². The van der Waals surface area contributed by atoms with Gasteiger partial charge in [0, 0.05) is 24.0 Å². The average molecular weight is 428 g/mol. The van der Waals surface area contributed by atoms with Gasteiger partial charge in [-0.2, -0.15) is 0 Å². The molecule has 0 atom stereocenters. The molecule has 9 heteroatoms.